The number of anilines is 1. The molecule has 1 aromatic rings. The maximum atomic E-state index is 12.1. The summed E-state index contributed by atoms with van der Waals surface area (Å²) in [6, 6.07) is 6.31. The molecule has 1 fully saturated rings. The molecule has 1 aliphatic heterocycles. The second-order valence-electron chi connectivity index (χ2n) is 5.72. The number of nitrogens with zero attached hydrogens (tertiary/aromatic N) is 1. The van der Waals surface area contributed by atoms with Crippen LogP contribution in [0.1, 0.15) is 31.4 Å². The van der Waals surface area contributed by atoms with E-state index in [1.54, 1.807) is 0 Å². The molecule has 0 radical (unpaired) electrons. The van der Waals surface area contributed by atoms with Crippen molar-refractivity contribution in [3.05, 3.63) is 29.3 Å². The summed E-state index contributed by atoms with van der Waals surface area (Å²) in [5.41, 5.74) is 3.62. The molecule has 0 aliphatic carbocycles. The number of piperidine rings is 1. The Balaban J connectivity index is 2.29. The molecule has 1 heterocycles. The van der Waals surface area contributed by atoms with E-state index in [4.69, 9.17) is 0 Å². The number of hydrogen-bond donors (Lipinski definition) is 0. The Bertz CT molecular complexity index is 428. The molecule has 0 aromatic heterocycles. The molecule has 2 nitrogen and oxygen atoms in total. The summed E-state index contributed by atoms with van der Waals surface area (Å²) in [6.07, 6.45) is 0.944. The summed E-state index contributed by atoms with van der Waals surface area (Å²) in [6.45, 7) is 9.87. The summed E-state index contributed by atoms with van der Waals surface area (Å²) in [4.78, 5) is 14.3. The van der Waals surface area contributed by atoms with Gasteiger partial charge in [-0.1, -0.05) is 32.0 Å². The van der Waals surface area contributed by atoms with Crippen molar-refractivity contribution in [1.29, 1.82) is 0 Å². The molecule has 0 bridgehead atoms. The minimum atomic E-state index is -0.146. The minimum absolute atomic E-state index is 0.146. The van der Waals surface area contributed by atoms with Gasteiger partial charge in [0.1, 0.15) is 0 Å². The van der Waals surface area contributed by atoms with E-state index in [0.717, 1.165) is 13.0 Å². The molecule has 0 amide bonds. The maximum absolute atomic E-state index is 12.1. The zero-order valence-corrected chi connectivity index (χ0v) is 11.2. The summed E-state index contributed by atoms with van der Waals surface area (Å²) in [7, 11) is 0. The van der Waals surface area contributed by atoms with Crippen LogP contribution in [0.15, 0.2) is 18.2 Å². The quantitative estimate of drug-likeness (QED) is 0.740. The number of benzene rings is 1. The van der Waals surface area contributed by atoms with Crippen LogP contribution in [0.2, 0.25) is 0 Å². The molecule has 17 heavy (non-hydrogen) atoms. The van der Waals surface area contributed by atoms with E-state index in [1.807, 2.05) is 0 Å². The van der Waals surface area contributed by atoms with Crippen molar-refractivity contribution in [3.8, 4) is 0 Å². The number of aryl methyl sites for hydroxylation is 2. The average molecular weight is 231 g/mol. The van der Waals surface area contributed by atoms with Crippen LogP contribution in [0.5, 0.6) is 0 Å². The standard InChI is InChI=1S/C15H21NO/c1-11-6-5-7-12(2)14(11)16-9-8-15(3,4)13(17)10-16/h5-7H,8-10H2,1-4H3. The van der Waals surface area contributed by atoms with Crippen molar-refractivity contribution in [2.45, 2.75) is 34.1 Å². The molecule has 0 unspecified atom stereocenters. The van der Waals surface area contributed by atoms with Crippen LogP contribution < -0.4 is 4.90 Å². The molecule has 2 heteroatoms. The van der Waals surface area contributed by atoms with Crippen molar-refractivity contribution in [2.24, 2.45) is 5.41 Å². The summed E-state index contributed by atoms with van der Waals surface area (Å²) >= 11 is 0. The second kappa shape index (κ2) is 4.17. The number of Topliss-reactive ketones (excluding diaryl/α,β-unsaturated/α-hetero) is 1. The lowest BCUT2D eigenvalue weighted by Crippen LogP contribution is -2.45. The van der Waals surface area contributed by atoms with Gasteiger partial charge < -0.3 is 4.90 Å². The molecular weight excluding hydrogens is 210 g/mol. The van der Waals surface area contributed by atoms with Gasteiger partial charge in [-0.25, -0.2) is 0 Å². The fraction of sp³-hybridized carbons (Fsp3) is 0.533. The SMILES string of the molecule is Cc1cccc(C)c1N1CCC(C)(C)C(=O)C1. The Morgan fingerprint density at radius 2 is 1.76 bits per heavy atom. The van der Waals surface area contributed by atoms with Crippen molar-refractivity contribution >= 4 is 11.5 Å². The van der Waals surface area contributed by atoms with Gasteiger partial charge >= 0.3 is 0 Å². The molecule has 0 N–H and O–H groups in total. The van der Waals surface area contributed by atoms with Crippen LogP contribution in [0.4, 0.5) is 5.69 Å². The van der Waals surface area contributed by atoms with Gasteiger partial charge in [0, 0.05) is 17.6 Å². The normalized spacial score (nSPS) is 19.5. The van der Waals surface area contributed by atoms with Gasteiger partial charge in [-0.2, -0.15) is 0 Å². The molecule has 0 saturated carbocycles. The number of hydrogen-bond acceptors (Lipinski definition) is 2. The zero-order valence-electron chi connectivity index (χ0n) is 11.2. The van der Waals surface area contributed by atoms with Crippen molar-refractivity contribution < 1.29 is 4.79 Å². The highest BCUT2D eigenvalue weighted by Gasteiger charge is 2.34. The topological polar surface area (TPSA) is 20.3 Å². The van der Waals surface area contributed by atoms with E-state index in [1.165, 1.54) is 16.8 Å². The molecule has 92 valence electrons. The van der Waals surface area contributed by atoms with Crippen LogP contribution in [0, 0.1) is 19.3 Å². The molecular formula is C15H21NO. The summed E-state index contributed by atoms with van der Waals surface area (Å²) in [5, 5.41) is 0. The van der Waals surface area contributed by atoms with Crippen LogP contribution in [0.3, 0.4) is 0 Å². The Kier molecular flexibility index (Phi) is 2.98. The zero-order chi connectivity index (χ0) is 12.6. The fourth-order valence-electron chi connectivity index (χ4n) is 2.52. The predicted octanol–water partition coefficient (Wildman–Crippen LogP) is 3.11. The molecule has 2 rings (SSSR count). The molecule has 1 aromatic carbocycles. The minimum Gasteiger partial charge on any atom is -0.364 e. The van der Waals surface area contributed by atoms with Gasteiger partial charge in [-0.05, 0) is 31.4 Å². The van der Waals surface area contributed by atoms with Gasteiger partial charge in [0.25, 0.3) is 0 Å². The van der Waals surface area contributed by atoms with Crippen molar-refractivity contribution in [1.82, 2.24) is 0 Å². The number of para-hydroxylation sites is 1. The Labute approximate surface area is 104 Å². The molecule has 0 atom stereocenters. The third kappa shape index (κ3) is 2.21. The highest BCUT2D eigenvalue weighted by atomic mass is 16.1. The third-order valence-corrected chi connectivity index (χ3v) is 3.85. The van der Waals surface area contributed by atoms with Gasteiger partial charge in [0.2, 0.25) is 0 Å². The Morgan fingerprint density at radius 1 is 1.18 bits per heavy atom. The van der Waals surface area contributed by atoms with E-state index in [2.05, 4.69) is 50.8 Å². The van der Waals surface area contributed by atoms with Crippen LogP contribution in [0.25, 0.3) is 0 Å². The maximum Gasteiger partial charge on any atom is 0.157 e. The number of rotatable bonds is 1. The first-order valence-corrected chi connectivity index (χ1v) is 6.26. The molecule has 1 saturated heterocycles. The number of carbonyl (C=O) groups is 1. The smallest absolute Gasteiger partial charge is 0.157 e. The lowest BCUT2D eigenvalue weighted by molar-refractivity contribution is -0.127. The highest BCUT2D eigenvalue weighted by Crippen LogP contribution is 2.32. The van der Waals surface area contributed by atoms with Crippen molar-refractivity contribution in [2.75, 3.05) is 18.0 Å². The van der Waals surface area contributed by atoms with Crippen LogP contribution >= 0.6 is 0 Å². The van der Waals surface area contributed by atoms with E-state index < -0.39 is 0 Å². The third-order valence-electron chi connectivity index (χ3n) is 3.85. The van der Waals surface area contributed by atoms with Gasteiger partial charge in [-0.3, -0.25) is 4.79 Å². The Morgan fingerprint density at radius 3 is 2.29 bits per heavy atom. The van der Waals surface area contributed by atoms with Gasteiger partial charge in [0.05, 0.1) is 6.54 Å². The second-order valence-corrected chi connectivity index (χ2v) is 5.72. The first-order chi connectivity index (χ1) is 7.92. The average Bonchev–Trinajstić information content (AvgIpc) is 2.23. The fourth-order valence-corrected chi connectivity index (χ4v) is 2.52. The van der Waals surface area contributed by atoms with E-state index in [9.17, 15) is 4.79 Å². The lowest BCUT2D eigenvalue weighted by atomic mass is 9.81. The monoisotopic (exact) mass is 231 g/mol. The number of carbonyl (C=O) groups excluding carboxylic acids is 1. The van der Waals surface area contributed by atoms with E-state index >= 15 is 0 Å². The van der Waals surface area contributed by atoms with Crippen molar-refractivity contribution in [3.63, 3.8) is 0 Å². The summed E-state index contributed by atoms with van der Waals surface area (Å²) in [5.74, 6) is 0.353. The first-order valence-electron chi connectivity index (χ1n) is 6.26. The highest BCUT2D eigenvalue weighted by molar-refractivity contribution is 5.90. The molecule has 0 spiro atoms. The predicted molar refractivity (Wildman–Crippen MR) is 71.5 cm³/mol. The van der Waals surface area contributed by atoms with Gasteiger partial charge in [-0.15, -0.1) is 0 Å². The van der Waals surface area contributed by atoms with E-state index in [-0.39, 0.29) is 5.41 Å². The molecule has 1 aliphatic rings. The van der Waals surface area contributed by atoms with Crippen LogP contribution in [-0.2, 0) is 4.79 Å². The lowest BCUT2D eigenvalue weighted by Gasteiger charge is -2.38. The van der Waals surface area contributed by atoms with E-state index in [0.29, 0.717) is 12.3 Å². The first kappa shape index (κ1) is 12.2. The van der Waals surface area contributed by atoms with Gasteiger partial charge in [0.15, 0.2) is 5.78 Å². The van der Waals surface area contributed by atoms with Crippen LogP contribution in [-0.4, -0.2) is 18.9 Å². The Hall–Kier alpha value is -1.31. The summed E-state index contributed by atoms with van der Waals surface area (Å²) < 4.78 is 0. The largest absolute Gasteiger partial charge is 0.364 e. The number of ketones is 1.